The molecule has 0 saturated carbocycles. The molecule has 0 aliphatic heterocycles. The Morgan fingerprint density at radius 2 is 2.00 bits per heavy atom. The number of benzene rings is 1. The maximum Gasteiger partial charge on any atom is 0.280 e. The Bertz CT molecular complexity index is 956. The zero-order valence-corrected chi connectivity index (χ0v) is 17.1. The van der Waals surface area contributed by atoms with Crippen LogP contribution in [0.2, 0.25) is 0 Å². The first-order chi connectivity index (χ1) is 13.8. The molecule has 0 saturated heterocycles. The molecule has 3 rings (SSSR count). The van der Waals surface area contributed by atoms with E-state index in [0.29, 0.717) is 12.1 Å². The lowest BCUT2D eigenvalue weighted by molar-refractivity contribution is -0.124. The average Bonchev–Trinajstić information content (AvgIpc) is 3.40. The van der Waals surface area contributed by atoms with Crippen LogP contribution in [0.25, 0.3) is 0 Å². The standard InChI is InChI=1S/C20H21FN4O3S/c1-4-20(2,3)22-18(26)17(16-6-5-11-28-16)25(14-9-7-13(21)8-10-14)19(27)15-12-29-24-23-15/h5-12,17H,4H2,1-3H3,(H,22,26)/t17-/m0/s1. The number of amides is 2. The zero-order valence-electron chi connectivity index (χ0n) is 16.3. The van der Waals surface area contributed by atoms with Crippen molar-refractivity contribution in [3.63, 3.8) is 0 Å². The Morgan fingerprint density at radius 1 is 1.28 bits per heavy atom. The van der Waals surface area contributed by atoms with Crippen molar-refractivity contribution in [2.45, 2.75) is 38.8 Å². The van der Waals surface area contributed by atoms with Crippen molar-refractivity contribution >= 4 is 29.0 Å². The largest absolute Gasteiger partial charge is 0.467 e. The van der Waals surface area contributed by atoms with Crippen molar-refractivity contribution < 1.29 is 18.4 Å². The van der Waals surface area contributed by atoms with E-state index in [0.717, 1.165) is 11.5 Å². The third-order valence-corrected chi connectivity index (χ3v) is 5.07. The number of anilines is 1. The van der Waals surface area contributed by atoms with E-state index in [1.807, 2.05) is 20.8 Å². The molecule has 2 aromatic heterocycles. The highest BCUT2D eigenvalue weighted by atomic mass is 32.1. The molecule has 29 heavy (non-hydrogen) atoms. The Hall–Kier alpha value is -3.07. The van der Waals surface area contributed by atoms with Crippen LogP contribution in [-0.4, -0.2) is 26.9 Å². The fourth-order valence-corrected chi connectivity index (χ4v) is 3.11. The number of furan rings is 1. The second-order valence-electron chi connectivity index (χ2n) is 7.09. The molecule has 0 unspecified atom stereocenters. The summed E-state index contributed by atoms with van der Waals surface area (Å²) in [5.41, 5.74) is -0.0876. The number of carbonyl (C=O) groups excluding carboxylic acids is 2. The summed E-state index contributed by atoms with van der Waals surface area (Å²) < 4.78 is 22.7. The van der Waals surface area contributed by atoms with E-state index in [2.05, 4.69) is 14.9 Å². The van der Waals surface area contributed by atoms with Gasteiger partial charge in [-0.05, 0) is 68.2 Å². The summed E-state index contributed by atoms with van der Waals surface area (Å²) >= 11 is 1.02. The van der Waals surface area contributed by atoms with Gasteiger partial charge in [-0.2, -0.15) is 0 Å². The maximum atomic E-state index is 13.5. The lowest BCUT2D eigenvalue weighted by Gasteiger charge is -2.33. The maximum absolute atomic E-state index is 13.5. The number of aromatic nitrogens is 2. The van der Waals surface area contributed by atoms with Gasteiger partial charge in [-0.25, -0.2) is 4.39 Å². The van der Waals surface area contributed by atoms with Crippen LogP contribution in [0.3, 0.4) is 0 Å². The first-order valence-electron chi connectivity index (χ1n) is 9.04. The molecule has 2 heterocycles. The van der Waals surface area contributed by atoms with Gasteiger partial charge in [-0.3, -0.25) is 14.5 Å². The van der Waals surface area contributed by atoms with Crippen LogP contribution >= 0.6 is 11.5 Å². The van der Waals surface area contributed by atoms with Gasteiger partial charge in [-0.1, -0.05) is 11.4 Å². The summed E-state index contributed by atoms with van der Waals surface area (Å²) in [5, 5.41) is 8.28. The smallest absolute Gasteiger partial charge is 0.280 e. The van der Waals surface area contributed by atoms with Crippen LogP contribution < -0.4 is 10.2 Å². The van der Waals surface area contributed by atoms with E-state index in [1.54, 1.807) is 12.1 Å². The van der Waals surface area contributed by atoms with Crippen LogP contribution in [0.4, 0.5) is 10.1 Å². The number of halogens is 1. The normalized spacial score (nSPS) is 12.4. The average molecular weight is 416 g/mol. The second-order valence-corrected chi connectivity index (χ2v) is 7.70. The Labute approximate surface area is 171 Å². The third-order valence-electron chi connectivity index (χ3n) is 4.57. The number of hydrogen-bond donors (Lipinski definition) is 1. The molecule has 0 radical (unpaired) electrons. The molecule has 0 spiro atoms. The first-order valence-corrected chi connectivity index (χ1v) is 9.87. The van der Waals surface area contributed by atoms with Crippen LogP contribution in [0.15, 0.2) is 52.5 Å². The number of nitrogens with one attached hydrogen (secondary N) is 1. The monoisotopic (exact) mass is 416 g/mol. The quantitative estimate of drug-likeness (QED) is 0.630. The highest BCUT2D eigenvalue weighted by molar-refractivity contribution is 7.03. The molecule has 0 fully saturated rings. The minimum Gasteiger partial charge on any atom is -0.467 e. The number of hydrogen-bond acceptors (Lipinski definition) is 6. The molecule has 7 nitrogen and oxygen atoms in total. The van der Waals surface area contributed by atoms with Crippen LogP contribution in [-0.2, 0) is 4.79 Å². The predicted octanol–water partition coefficient (Wildman–Crippen LogP) is 3.96. The molecule has 0 aliphatic rings. The van der Waals surface area contributed by atoms with Gasteiger partial charge in [0.15, 0.2) is 11.7 Å². The molecule has 1 aromatic carbocycles. The molecule has 0 aliphatic carbocycles. The highest BCUT2D eigenvalue weighted by Gasteiger charge is 2.37. The summed E-state index contributed by atoms with van der Waals surface area (Å²) in [6, 6.07) is 7.45. The minimum atomic E-state index is -1.12. The molecule has 0 bridgehead atoms. The van der Waals surface area contributed by atoms with Gasteiger partial charge in [0.05, 0.1) is 6.26 Å². The summed E-state index contributed by atoms with van der Waals surface area (Å²) in [6.45, 7) is 5.73. The topological polar surface area (TPSA) is 88.3 Å². The Morgan fingerprint density at radius 3 is 2.55 bits per heavy atom. The van der Waals surface area contributed by atoms with Gasteiger partial charge in [0.25, 0.3) is 11.8 Å². The summed E-state index contributed by atoms with van der Waals surface area (Å²) in [6.07, 6.45) is 2.11. The van der Waals surface area contributed by atoms with Crippen molar-refractivity contribution in [1.29, 1.82) is 0 Å². The van der Waals surface area contributed by atoms with Gasteiger partial charge in [0, 0.05) is 16.6 Å². The fraction of sp³-hybridized carbons (Fsp3) is 0.300. The van der Waals surface area contributed by atoms with Gasteiger partial charge in [0.2, 0.25) is 0 Å². The fourth-order valence-electron chi connectivity index (χ4n) is 2.68. The van der Waals surface area contributed by atoms with E-state index in [-0.39, 0.29) is 11.5 Å². The van der Waals surface area contributed by atoms with Crippen molar-refractivity contribution in [2.75, 3.05) is 4.90 Å². The molecule has 2 amide bonds. The van der Waals surface area contributed by atoms with Gasteiger partial charge in [-0.15, -0.1) is 5.10 Å². The van der Waals surface area contributed by atoms with Gasteiger partial charge in [0.1, 0.15) is 11.6 Å². The summed E-state index contributed by atoms with van der Waals surface area (Å²) in [7, 11) is 0. The van der Waals surface area contributed by atoms with Crippen LogP contribution in [0.1, 0.15) is 49.5 Å². The molecule has 152 valence electrons. The SMILES string of the molecule is CCC(C)(C)NC(=O)[C@H](c1ccco1)N(C(=O)c1csnn1)c1ccc(F)cc1. The third kappa shape index (κ3) is 4.68. The zero-order chi connectivity index (χ0) is 21.0. The van der Waals surface area contributed by atoms with Crippen molar-refractivity contribution in [3.8, 4) is 0 Å². The van der Waals surface area contributed by atoms with E-state index in [1.165, 1.54) is 40.8 Å². The van der Waals surface area contributed by atoms with Crippen LogP contribution in [0, 0.1) is 5.82 Å². The van der Waals surface area contributed by atoms with Gasteiger partial charge < -0.3 is 9.73 Å². The molecule has 9 heteroatoms. The second kappa shape index (κ2) is 8.52. The van der Waals surface area contributed by atoms with E-state index in [4.69, 9.17) is 4.42 Å². The van der Waals surface area contributed by atoms with Gasteiger partial charge >= 0.3 is 0 Å². The molecular weight excluding hydrogens is 395 g/mol. The van der Waals surface area contributed by atoms with Crippen LogP contribution in [0.5, 0.6) is 0 Å². The van der Waals surface area contributed by atoms with Crippen molar-refractivity contribution in [2.24, 2.45) is 0 Å². The van der Waals surface area contributed by atoms with E-state index < -0.39 is 29.2 Å². The Kier molecular flexibility index (Phi) is 6.07. The Balaban J connectivity index is 2.10. The minimum absolute atomic E-state index is 0.0819. The lowest BCUT2D eigenvalue weighted by atomic mass is 10.0. The predicted molar refractivity (Wildman–Crippen MR) is 107 cm³/mol. The molecule has 1 atom stereocenters. The van der Waals surface area contributed by atoms with E-state index in [9.17, 15) is 14.0 Å². The van der Waals surface area contributed by atoms with E-state index >= 15 is 0 Å². The van der Waals surface area contributed by atoms with Crippen molar-refractivity contribution in [1.82, 2.24) is 14.9 Å². The number of carbonyl (C=O) groups is 2. The molecule has 3 aromatic rings. The molecular formula is C20H21FN4O3S. The first kappa shape index (κ1) is 20.7. The molecule has 1 N–H and O–H groups in total. The number of rotatable bonds is 7. The van der Waals surface area contributed by atoms with Crippen molar-refractivity contribution in [3.05, 3.63) is 65.3 Å². The highest BCUT2D eigenvalue weighted by Crippen LogP contribution is 2.31. The number of nitrogens with zero attached hydrogens (tertiary/aromatic N) is 3. The lowest BCUT2D eigenvalue weighted by Crippen LogP contribution is -2.50. The summed E-state index contributed by atoms with van der Waals surface area (Å²) in [4.78, 5) is 27.8. The summed E-state index contributed by atoms with van der Waals surface area (Å²) in [5.74, 6) is -1.15.